The Morgan fingerprint density at radius 1 is 1.06 bits per heavy atom. The van der Waals surface area contributed by atoms with Crippen molar-refractivity contribution in [2.75, 3.05) is 60.2 Å². The lowest BCUT2D eigenvalue weighted by molar-refractivity contribution is 0.0374. The van der Waals surface area contributed by atoms with E-state index >= 15 is 0 Å². The molecule has 0 saturated carbocycles. The van der Waals surface area contributed by atoms with Crippen LogP contribution >= 0.6 is 0 Å². The first-order valence-electron chi connectivity index (χ1n) is 16.4. The lowest BCUT2D eigenvalue weighted by Gasteiger charge is -2.30. The molecule has 10 nitrogen and oxygen atoms in total. The van der Waals surface area contributed by atoms with E-state index in [1.165, 1.54) is 0 Å². The highest BCUT2D eigenvalue weighted by molar-refractivity contribution is 7.84. The topological polar surface area (TPSA) is 113 Å². The number of ether oxygens (including phenoxy) is 3. The minimum atomic E-state index is -1.36. The maximum Gasteiger partial charge on any atom is 0.269 e. The third-order valence-electron chi connectivity index (χ3n) is 8.43. The van der Waals surface area contributed by atoms with Crippen molar-refractivity contribution in [2.45, 2.75) is 50.9 Å². The largest absolute Gasteiger partial charge is 0.493 e. The summed E-state index contributed by atoms with van der Waals surface area (Å²) in [7, 11) is 1.83. The second-order valence-corrected chi connectivity index (χ2v) is 15.0. The van der Waals surface area contributed by atoms with Gasteiger partial charge in [0.2, 0.25) is 0 Å². The Bertz CT molecular complexity index is 1690. The smallest absolute Gasteiger partial charge is 0.269 e. The third kappa shape index (κ3) is 8.43. The van der Waals surface area contributed by atoms with E-state index in [0.717, 1.165) is 67.1 Å². The number of benzene rings is 2. The number of nitrogens with zero attached hydrogens (tertiary/aromatic N) is 3. The van der Waals surface area contributed by atoms with Gasteiger partial charge in [-0.2, -0.15) is 0 Å². The Balaban J connectivity index is 1.48. The van der Waals surface area contributed by atoms with E-state index in [4.69, 9.17) is 19.2 Å². The number of aliphatic hydroxyl groups is 1. The summed E-state index contributed by atoms with van der Waals surface area (Å²) in [5.74, 6) is 7.43. The minimum Gasteiger partial charge on any atom is -0.493 e. The Morgan fingerprint density at radius 3 is 2.48 bits per heavy atom. The molecule has 0 spiro atoms. The summed E-state index contributed by atoms with van der Waals surface area (Å²) >= 11 is 0. The summed E-state index contributed by atoms with van der Waals surface area (Å²) in [6, 6.07) is 14.8. The van der Waals surface area contributed by atoms with E-state index in [0.29, 0.717) is 42.4 Å². The van der Waals surface area contributed by atoms with Crippen LogP contribution in [0.1, 0.15) is 72.4 Å². The van der Waals surface area contributed by atoms with Crippen LogP contribution in [-0.2, 0) is 22.3 Å². The standard InChI is InChI=1S/C37H46N4O6S/c1-37(2,3)48(44)41-25-29-24-30(36(43)38-15-7-16-40-17-20-47-21-18-40)39-35(34(29)31(41)14-19-42)28-9-6-8-26(22-28)10-11-27-12-13-32(45-4)33(23-27)46-5/h6,8-9,12-13,22-24,31,42H,7,14-21,25H2,1-5H3,(H,38,43)/t31-,48-/m1/s1. The zero-order valence-electron chi connectivity index (χ0n) is 28.5. The van der Waals surface area contributed by atoms with Crippen molar-refractivity contribution in [3.05, 3.63) is 76.5 Å². The van der Waals surface area contributed by atoms with E-state index in [1.54, 1.807) is 14.2 Å². The Morgan fingerprint density at radius 2 is 1.79 bits per heavy atom. The molecule has 11 heteroatoms. The molecule has 1 aromatic heterocycles. The molecule has 2 aliphatic rings. The monoisotopic (exact) mass is 674 g/mol. The molecule has 1 amide bonds. The molecule has 0 radical (unpaired) electrons. The maximum atomic E-state index is 13.8. The van der Waals surface area contributed by atoms with Crippen LogP contribution < -0.4 is 14.8 Å². The first-order chi connectivity index (χ1) is 23.1. The number of aromatic nitrogens is 1. The van der Waals surface area contributed by atoms with Crippen molar-refractivity contribution in [1.29, 1.82) is 0 Å². The summed E-state index contributed by atoms with van der Waals surface area (Å²) in [5, 5.41) is 13.2. The van der Waals surface area contributed by atoms with E-state index in [1.807, 2.05) is 73.6 Å². The number of amides is 1. The average Bonchev–Trinajstić information content (AvgIpc) is 3.46. The number of morpholine rings is 1. The molecule has 2 aliphatic heterocycles. The number of hydrogen-bond donors (Lipinski definition) is 2. The molecule has 3 aromatic rings. The first-order valence-corrected chi connectivity index (χ1v) is 17.5. The van der Waals surface area contributed by atoms with Gasteiger partial charge in [-0.1, -0.05) is 24.0 Å². The molecular formula is C37H46N4O6S. The fraction of sp³-hybridized carbons (Fsp3) is 0.459. The van der Waals surface area contributed by atoms with Crippen LogP contribution in [0.3, 0.4) is 0 Å². The summed E-state index contributed by atoms with van der Waals surface area (Å²) in [6.45, 7) is 10.8. The third-order valence-corrected chi connectivity index (χ3v) is 10.3. The molecule has 5 rings (SSSR count). The molecule has 0 unspecified atom stereocenters. The van der Waals surface area contributed by atoms with E-state index < -0.39 is 15.7 Å². The average molecular weight is 675 g/mol. The van der Waals surface area contributed by atoms with Gasteiger partial charge >= 0.3 is 0 Å². The van der Waals surface area contributed by atoms with Gasteiger partial charge < -0.3 is 24.6 Å². The van der Waals surface area contributed by atoms with Crippen LogP contribution in [0.4, 0.5) is 0 Å². The number of carbonyl (C=O) groups excluding carboxylic acids is 1. The summed E-state index contributed by atoms with van der Waals surface area (Å²) in [5.41, 5.74) is 5.04. The normalized spacial score (nSPS) is 17.2. The number of rotatable bonds is 11. The highest BCUT2D eigenvalue weighted by Gasteiger charge is 2.40. The van der Waals surface area contributed by atoms with Gasteiger partial charge in [-0.3, -0.25) is 9.69 Å². The van der Waals surface area contributed by atoms with Gasteiger partial charge in [-0.15, -0.1) is 0 Å². The molecule has 3 heterocycles. The summed E-state index contributed by atoms with van der Waals surface area (Å²) in [6.07, 6.45) is 1.20. The van der Waals surface area contributed by atoms with Crippen LogP contribution in [0.25, 0.3) is 11.3 Å². The molecule has 2 atom stereocenters. The van der Waals surface area contributed by atoms with Gasteiger partial charge in [-0.05, 0) is 82.1 Å². The second kappa shape index (κ2) is 16.1. The van der Waals surface area contributed by atoms with E-state index in [2.05, 4.69) is 22.1 Å². The van der Waals surface area contributed by atoms with Crippen molar-refractivity contribution in [2.24, 2.45) is 0 Å². The van der Waals surface area contributed by atoms with E-state index in [-0.39, 0.29) is 18.6 Å². The van der Waals surface area contributed by atoms with Gasteiger partial charge in [0.15, 0.2) is 11.5 Å². The summed E-state index contributed by atoms with van der Waals surface area (Å²) < 4.78 is 31.4. The number of pyridine rings is 1. The number of fused-ring (bicyclic) bond motifs is 1. The fourth-order valence-corrected chi connectivity index (χ4v) is 7.43. The molecular weight excluding hydrogens is 628 g/mol. The van der Waals surface area contributed by atoms with Gasteiger partial charge in [-0.25, -0.2) is 13.5 Å². The predicted octanol–water partition coefficient (Wildman–Crippen LogP) is 4.32. The van der Waals surface area contributed by atoms with Crippen LogP contribution in [0.15, 0.2) is 48.5 Å². The fourth-order valence-electron chi connectivity index (χ4n) is 6.03. The molecule has 1 saturated heterocycles. The highest BCUT2D eigenvalue weighted by atomic mass is 32.2. The van der Waals surface area contributed by atoms with Gasteiger partial charge in [0, 0.05) is 55.0 Å². The highest BCUT2D eigenvalue weighted by Crippen LogP contribution is 2.44. The lowest BCUT2D eigenvalue weighted by Crippen LogP contribution is -2.38. The Hall–Kier alpha value is -3.79. The predicted molar refractivity (Wildman–Crippen MR) is 187 cm³/mol. The zero-order chi connectivity index (χ0) is 34.3. The van der Waals surface area contributed by atoms with Crippen molar-refractivity contribution < 1.29 is 28.3 Å². The number of hydrogen-bond acceptors (Lipinski definition) is 8. The lowest BCUT2D eigenvalue weighted by atomic mass is 9.95. The van der Waals surface area contributed by atoms with Crippen LogP contribution in [0.5, 0.6) is 11.5 Å². The SMILES string of the molecule is COc1ccc(C#Cc2cccc(-c3nc(C(=O)NCCCN4CCOCC4)cc4c3[C@@H](CCO)N([S@](=O)C(C)(C)C)C4)c2)cc1OC. The maximum absolute atomic E-state index is 13.8. The van der Waals surface area contributed by atoms with Gasteiger partial charge in [0.05, 0.1) is 43.9 Å². The number of nitrogens with one attached hydrogen (secondary N) is 1. The molecule has 2 aromatic carbocycles. The molecule has 0 bridgehead atoms. The van der Waals surface area contributed by atoms with E-state index in [9.17, 15) is 14.1 Å². The number of methoxy groups -OCH3 is 2. The van der Waals surface area contributed by atoms with Crippen molar-refractivity contribution in [1.82, 2.24) is 19.5 Å². The van der Waals surface area contributed by atoms with Gasteiger partial charge in [0.25, 0.3) is 5.91 Å². The van der Waals surface area contributed by atoms with Gasteiger partial charge in [0.1, 0.15) is 16.7 Å². The first kappa shape index (κ1) is 35.5. The van der Waals surface area contributed by atoms with Crippen molar-refractivity contribution in [3.8, 4) is 34.6 Å². The van der Waals surface area contributed by atoms with Crippen LogP contribution in [0, 0.1) is 11.8 Å². The Labute approximate surface area is 286 Å². The zero-order valence-corrected chi connectivity index (χ0v) is 29.3. The molecule has 256 valence electrons. The quantitative estimate of drug-likeness (QED) is 0.229. The minimum absolute atomic E-state index is 0.0798. The molecule has 1 fully saturated rings. The van der Waals surface area contributed by atoms with Crippen LogP contribution in [0.2, 0.25) is 0 Å². The van der Waals surface area contributed by atoms with Crippen molar-refractivity contribution >= 4 is 16.9 Å². The summed E-state index contributed by atoms with van der Waals surface area (Å²) in [4.78, 5) is 20.8. The second-order valence-electron chi connectivity index (χ2n) is 12.9. The van der Waals surface area contributed by atoms with Crippen molar-refractivity contribution in [3.63, 3.8) is 0 Å². The molecule has 48 heavy (non-hydrogen) atoms. The number of carbonyl (C=O) groups is 1. The Kier molecular flexibility index (Phi) is 11.9. The number of aliphatic hydroxyl groups excluding tert-OH is 1. The molecule has 0 aliphatic carbocycles. The molecule has 2 N–H and O–H groups in total. The van der Waals surface area contributed by atoms with Crippen LogP contribution in [-0.4, -0.2) is 94.4 Å².